The maximum Gasteiger partial charge on any atom is 0.351 e. The second-order valence-corrected chi connectivity index (χ2v) is 16.3. The van der Waals surface area contributed by atoms with Crippen molar-refractivity contribution in [2.75, 3.05) is 55.6 Å². The van der Waals surface area contributed by atoms with Gasteiger partial charge in [0, 0.05) is 60.5 Å². The van der Waals surface area contributed by atoms with E-state index in [-0.39, 0.29) is 65.5 Å². The Kier molecular flexibility index (Phi) is 9.39. The lowest BCUT2D eigenvalue weighted by molar-refractivity contribution is -0.112. The van der Waals surface area contributed by atoms with Crippen molar-refractivity contribution < 1.29 is 33.7 Å². The Bertz CT molecular complexity index is 2460. The zero-order chi connectivity index (χ0) is 39.0. The number of anilines is 2. The van der Waals surface area contributed by atoms with E-state index in [1.54, 1.807) is 27.7 Å². The number of likely N-dealkylation sites (tertiary alicyclic amines) is 1. The second kappa shape index (κ2) is 14.3. The highest BCUT2D eigenvalue weighted by atomic mass is 35.5. The van der Waals surface area contributed by atoms with Gasteiger partial charge in [-0.3, -0.25) is 24.0 Å². The van der Waals surface area contributed by atoms with Crippen LogP contribution in [0.2, 0.25) is 5.02 Å². The van der Waals surface area contributed by atoms with E-state index in [1.807, 2.05) is 4.90 Å². The first-order chi connectivity index (χ1) is 27.0. The number of carbonyl (C=O) groups is 2. The van der Waals surface area contributed by atoms with Gasteiger partial charge in [0.1, 0.15) is 28.6 Å². The number of rotatable bonds is 9. The van der Waals surface area contributed by atoms with Crippen molar-refractivity contribution in [1.82, 2.24) is 19.0 Å². The van der Waals surface area contributed by atoms with Gasteiger partial charge in [-0.25, -0.2) is 19.0 Å². The van der Waals surface area contributed by atoms with Gasteiger partial charge in [-0.1, -0.05) is 11.6 Å². The first kappa shape index (κ1) is 36.8. The van der Waals surface area contributed by atoms with Crippen LogP contribution in [0.1, 0.15) is 53.9 Å². The molecule has 1 amide bonds. The average Bonchev–Trinajstić information content (AvgIpc) is 3.65. The molecule has 4 fully saturated rings. The van der Waals surface area contributed by atoms with Crippen molar-refractivity contribution >= 4 is 69.0 Å². The number of fused-ring (bicyclic) bond motifs is 3. The number of aliphatic hydroxyl groups is 1. The third-order valence-corrected chi connectivity index (χ3v) is 12.6. The van der Waals surface area contributed by atoms with Gasteiger partial charge >= 0.3 is 11.7 Å². The van der Waals surface area contributed by atoms with Crippen molar-refractivity contribution in [1.29, 1.82) is 0 Å². The first-order valence-electron chi connectivity index (χ1n) is 18.4. The van der Waals surface area contributed by atoms with Crippen LogP contribution in [-0.2, 0) is 9.53 Å². The lowest BCUT2D eigenvalue weighted by atomic mass is 9.92. The number of carboxylic acid groups (broad SMARTS) is 1. The van der Waals surface area contributed by atoms with Crippen LogP contribution in [0.15, 0.2) is 57.3 Å². The topological polar surface area (TPSA) is 172 Å². The number of pyridine rings is 1. The Morgan fingerprint density at radius 2 is 1.96 bits per heavy atom. The Morgan fingerprint density at radius 3 is 2.68 bits per heavy atom. The van der Waals surface area contributed by atoms with Gasteiger partial charge < -0.3 is 29.2 Å². The molecule has 0 bridgehead atoms. The number of amides is 1. The Labute approximate surface area is 327 Å². The Hall–Kier alpha value is -4.81. The highest BCUT2D eigenvalue weighted by Gasteiger charge is 2.44. The number of piperidine rings is 1. The highest BCUT2D eigenvalue weighted by molar-refractivity contribution is 8.00. The number of halogens is 2. The summed E-state index contributed by atoms with van der Waals surface area (Å²) in [6.07, 6.45) is 5.62. The largest absolute Gasteiger partial charge is 0.492 e. The van der Waals surface area contributed by atoms with Crippen LogP contribution in [0.4, 0.5) is 21.6 Å². The molecule has 4 aromatic rings. The zero-order valence-corrected chi connectivity index (χ0v) is 31.7. The predicted molar refractivity (Wildman–Crippen MR) is 207 cm³/mol. The summed E-state index contributed by atoms with van der Waals surface area (Å²) in [4.78, 5) is 66.9. The van der Waals surface area contributed by atoms with E-state index < -0.39 is 40.1 Å². The van der Waals surface area contributed by atoms with Crippen molar-refractivity contribution in [3.63, 3.8) is 0 Å². The summed E-state index contributed by atoms with van der Waals surface area (Å²) in [5.41, 5.74) is -0.391. The normalized spacial score (nSPS) is 24.4. The van der Waals surface area contributed by atoms with Gasteiger partial charge in [0.25, 0.3) is 5.91 Å². The van der Waals surface area contributed by atoms with E-state index in [0.717, 1.165) is 31.7 Å². The maximum atomic E-state index is 16.3. The third-order valence-electron chi connectivity index (χ3n) is 11.3. The number of nitrogens with zero attached hydrogens (tertiary/aromatic N) is 7. The zero-order valence-electron chi connectivity index (χ0n) is 30.1. The van der Waals surface area contributed by atoms with Gasteiger partial charge in [-0.15, -0.1) is 11.8 Å². The van der Waals surface area contributed by atoms with Crippen molar-refractivity contribution in [2.24, 2.45) is 10.9 Å². The van der Waals surface area contributed by atoms with Crippen molar-refractivity contribution in [2.45, 2.75) is 49.4 Å². The summed E-state index contributed by atoms with van der Waals surface area (Å²) >= 11 is 7.81. The molecule has 0 spiro atoms. The molecule has 6 heterocycles. The van der Waals surface area contributed by atoms with Crippen LogP contribution in [-0.4, -0.2) is 104 Å². The molecule has 4 aliphatic heterocycles. The number of ether oxygens (including phenoxy) is 2. The molecule has 5 aliphatic rings. The van der Waals surface area contributed by atoms with E-state index >= 15 is 4.39 Å². The van der Waals surface area contributed by atoms with Crippen LogP contribution in [0.3, 0.4) is 0 Å². The molecule has 15 nitrogen and oxygen atoms in total. The predicted octanol–water partition coefficient (Wildman–Crippen LogP) is 4.00. The van der Waals surface area contributed by atoms with Gasteiger partial charge in [-0.2, -0.15) is 4.98 Å². The smallest absolute Gasteiger partial charge is 0.351 e. The number of aliphatic hydroxyl groups excluding tert-OH is 1. The summed E-state index contributed by atoms with van der Waals surface area (Å²) in [5, 5.41) is 19.5. The maximum absolute atomic E-state index is 16.3. The van der Waals surface area contributed by atoms with Gasteiger partial charge in [0.2, 0.25) is 5.43 Å². The van der Waals surface area contributed by atoms with E-state index in [4.69, 9.17) is 21.1 Å². The molecular weight excluding hydrogens is 769 g/mol. The fourth-order valence-electron chi connectivity index (χ4n) is 8.56. The number of methoxy groups -OCH3 is 1. The number of hydrogen-bond donors (Lipinski definition) is 2. The van der Waals surface area contributed by atoms with Crippen LogP contribution in [0.25, 0.3) is 10.9 Å². The summed E-state index contributed by atoms with van der Waals surface area (Å²) < 4.78 is 30.9. The molecule has 2 aromatic heterocycles. The SMILES string of the molecule is COc1c(N2CC3CCCN(CN4C(=O)C(=Nc5ccn(C6CSC(CO)O6)c(=O)n5)c5cc(Cl)ccc54)C3C2)c(F)cc2c(=O)c(C(=O)O)cn(C3CC3)c12. The van der Waals surface area contributed by atoms with Crippen molar-refractivity contribution in [3.05, 3.63) is 85.4 Å². The molecule has 9 rings (SSSR count). The minimum atomic E-state index is -1.37. The van der Waals surface area contributed by atoms with E-state index in [9.17, 15) is 29.4 Å². The summed E-state index contributed by atoms with van der Waals surface area (Å²) in [6.45, 7) is 1.66. The summed E-state index contributed by atoms with van der Waals surface area (Å²) in [6, 6.07) is 7.72. The number of aromatic carboxylic acids is 1. The number of benzene rings is 2. The lowest BCUT2D eigenvalue weighted by Gasteiger charge is -2.39. The van der Waals surface area contributed by atoms with Gasteiger partial charge in [-0.05, 0) is 61.9 Å². The first-order valence-corrected chi connectivity index (χ1v) is 19.8. The van der Waals surface area contributed by atoms with E-state index in [2.05, 4.69) is 14.9 Å². The monoisotopic (exact) mass is 805 g/mol. The molecule has 0 radical (unpaired) electrons. The van der Waals surface area contributed by atoms with Gasteiger partial charge in [0.15, 0.2) is 17.4 Å². The van der Waals surface area contributed by atoms with Crippen LogP contribution < -0.4 is 25.7 Å². The molecule has 292 valence electrons. The standard InChI is InChI=1S/C38H37ClFN7O8S/c1-54-35-32-23(34(49)24(37(51)52)14-46(32)21-5-6-21)12-25(40)33(35)44-13-19-3-2-9-43(27(19)15-44)18-47-26-7-4-20(39)11-22(26)31(36(47)50)41-28-8-10-45(38(53)42-28)29-17-56-30(16-48)55-29/h4,7-8,10-12,14,19,21,27,29-30,48H,2-3,5-6,9,13,15-18H2,1H3,(H,51,52). The van der Waals surface area contributed by atoms with E-state index in [0.29, 0.717) is 47.2 Å². The number of aromatic nitrogens is 3. The summed E-state index contributed by atoms with van der Waals surface area (Å²) in [7, 11) is 1.43. The highest BCUT2D eigenvalue weighted by Crippen LogP contribution is 2.46. The average molecular weight is 806 g/mol. The number of hydrogen-bond acceptors (Lipinski definition) is 12. The minimum absolute atomic E-state index is 0.0214. The summed E-state index contributed by atoms with van der Waals surface area (Å²) in [5.74, 6) is -1.58. The molecule has 1 saturated carbocycles. The van der Waals surface area contributed by atoms with Crippen LogP contribution in [0, 0.1) is 11.7 Å². The lowest BCUT2D eigenvalue weighted by Crippen LogP contribution is -2.51. The molecule has 18 heteroatoms. The number of carbonyl (C=O) groups excluding carboxylic acids is 1. The van der Waals surface area contributed by atoms with Crippen molar-refractivity contribution in [3.8, 4) is 5.75 Å². The number of thioether (sulfide) groups is 1. The third kappa shape index (κ3) is 6.25. The fraction of sp³-hybridized carbons (Fsp3) is 0.421. The molecular formula is C38H37ClFN7O8S. The Morgan fingerprint density at radius 1 is 1.14 bits per heavy atom. The Balaban J connectivity index is 1.01. The number of carboxylic acids is 1. The molecule has 4 atom stereocenters. The van der Waals surface area contributed by atoms with E-state index in [1.165, 1.54) is 41.9 Å². The van der Waals surface area contributed by atoms with Gasteiger partial charge in [0.05, 0.1) is 37.0 Å². The molecule has 3 saturated heterocycles. The molecule has 2 N–H and O–H groups in total. The molecule has 4 unspecified atom stereocenters. The quantitative estimate of drug-likeness (QED) is 0.250. The molecule has 1 aliphatic carbocycles. The number of aliphatic imine (C=N–C) groups is 1. The van der Waals surface area contributed by atoms with Crippen LogP contribution in [0.5, 0.6) is 5.75 Å². The molecule has 56 heavy (non-hydrogen) atoms. The van der Waals surface area contributed by atoms with Crippen LogP contribution >= 0.6 is 23.4 Å². The fourth-order valence-corrected chi connectivity index (χ4v) is 9.66. The molecule has 2 aromatic carbocycles. The second-order valence-electron chi connectivity index (χ2n) is 14.6. The minimum Gasteiger partial charge on any atom is -0.492 e.